The van der Waals surface area contributed by atoms with Crippen molar-refractivity contribution in [2.45, 2.75) is 19.9 Å². The maximum Gasteiger partial charge on any atom is 0.319 e. The highest BCUT2D eigenvalue weighted by Crippen LogP contribution is 2.22. The maximum atomic E-state index is 11.9. The molecule has 0 aliphatic rings. The first-order valence-corrected chi connectivity index (χ1v) is 6.36. The van der Waals surface area contributed by atoms with E-state index in [-0.39, 0.29) is 23.0 Å². The van der Waals surface area contributed by atoms with Gasteiger partial charge in [0.1, 0.15) is 5.75 Å². The lowest BCUT2D eigenvalue weighted by atomic mass is 10.1. The number of carbonyl (C=O) groups excluding carboxylic acids is 1. The van der Waals surface area contributed by atoms with Gasteiger partial charge in [0.15, 0.2) is 0 Å². The Balaban J connectivity index is 2.72. The van der Waals surface area contributed by atoms with E-state index in [1.807, 2.05) is 26.0 Å². The van der Waals surface area contributed by atoms with Gasteiger partial charge in [0.25, 0.3) is 0 Å². The number of benzene rings is 1. The van der Waals surface area contributed by atoms with Gasteiger partial charge in [-0.1, -0.05) is 38.2 Å². The second kappa shape index (κ2) is 6.94. The molecule has 1 rings (SSSR count). The van der Waals surface area contributed by atoms with E-state index < -0.39 is 0 Å². The van der Waals surface area contributed by atoms with Crippen molar-refractivity contribution in [2.24, 2.45) is 11.7 Å². The summed E-state index contributed by atoms with van der Waals surface area (Å²) >= 11 is 4.94. The Bertz CT molecular complexity index is 463. The molecule has 0 aromatic heterocycles. The molecule has 0 fully saturated rings. The average molecular weight is 281 g/mol. The van der Waals surface area contributed by atoms with Crippen molar-refractivity contribution in [1.29, 1.82) is 0 Å². The van der Waals surface area contributed by atoms with Crippen LogP contribution in [0, 0.1) is 5.92 Å². The molecule has 5 nitrogen and oxygen atoms in total. The molecule has 0 saturated carbocycles. The highest BCUT2D eigenvalue weighted by Gasteiger charge is 2.19. The quantitative estimate of drug-likeness (QED) is 0.723. The Morgan fingerprint density at radius 1 is 1.37 bits per heavy atom. The van der Waals surface area contributed by atoms with Gasteiger partial charge < -0.3 is 21.1 Å². The summed E-state index contributed by atoms with van der Waals surface area (Å²) in [6, 6.07) is 6.45. The number of nitrogens with two attached hydrogens (primary N) is 1. The zero-order valence-electron chi connectivity index (χ0n) is 11.3. The fourth-order valence-corrected chi connectivity index (χ4v) is 1.94. The average Bonchev–Trinajstić information content (AvgIpc) is 2.36. The Morgan fingerprint density at radius 3 is 2.53 bits per heavy atom. The number of hydrogen-bond acceptors (Lipinski definition) is 3. The molecule has 1 atom stereocenters. The fraction of sp³-hybridized carbons (Fsp3) is 0.385. The van der Waals surface area contributed by atoms with Crippen molar-refractivity contribution in [2.75, 3.05) is 12.4 Å². The summed E-state index contributed by atoms with van der Waals surface area (Å²) in [6.07, 6.45) is 0. The van der Waals surface area contributed by atoms with Gasteiger partial charge in [-0.3, -0.25) is 0 Å². The molecule has 0 saturated heterocycles. The van der Waals surface area contributed by atoms with Crippen molar-refractivity contribution in [3.05, 3.63) is 24.3 Å². The zero-order chi connectivity index (χ0) is 14.4. The largest absolute Gasteiger partial charge is 0.495 e. The van der Waals surface area contributed by atoms with Gasteiger partial charge in [-0.2, -0.15) is 0 Å². The molecule has 104 valence electrons. The monoisotopic (exact) mass is 281 g/mol. The van der Waals surface area contributed by atoms with Crippen molar-refractivity contribution in [3.63, 3.8) is 0 Å². The Hall–Kier alpha value is -1.82. The number of urea groups is 1. The van der Waals surface area contributed by atoms with E-state index in [1.54, 1.807) is 19.2 Å². The molecule has 1 unspecified atom stereocenters. The summed E-state index contributed by atoms with van der Waals surface area (Å²) < 4.78 is 5.15. The third kappa shape index (κ3) is 4.40. The molecule has 0 aliphatic heterocycles. The SMILES string of the molecule is COc1ccccc1NC(=O)NC(C(N)=S)C(C)C. The Labute approximate surface area is 118 Å². The van der Waals surface area contributed by atoms with Gasteiger partial charge in [0.2, 0.25) is 0 Å². The maximum absolute atomic E-state index is 11.9. The summed E-state index contributed by atoms with van der Waals surface area (Å²) in [4.78, 5) is 12.2. The van der Waals surface area contributed by atoms with Gasteiger partial charge in [-0.05, 0) is 18.1 Å². The number of para-hydroxylation sites is 2. The standard InChI is InChI=1S/C13H19N3O2S/c1-8(2)11(12(14)19)16-13(17)15-9-6-4-5-7-10(9)18-3/h4-8,11H,1-3H3,(H2,14,19)(H2,15,16,17). The molecule has 0 aliphatic carbocycles. The van der Waals surface area contributed by atoms with Crippen molar-refractivity contribution < 1.29 is 9.53 Å². The van der Waals surface area contributed by atoms with Crippen LogP contribution in [-0.2, 0) is 0 Å². The molecule has 4 N–H and O–H groups in total. The number of hydrogen-bond donors (Lipinski definition) is 3. The summed E-state index contributed by atoms with van der Waals surface area (Å²) in [5.74, 6) is 0.718. The molecule has 0 bridgehead atoms. The number of carbonyl (C=O) groups is 1. The second-order valence-corrected chi connectivity index (χ2v) is 4.89. The predicted octanol–water partition coefficient (Wildman–Crippen LogP) is 2.13. The van der Waals surface area contributed by atoms with E-state index >= 15 is 0 Å². The highest BCUT2D eigenvalue weighted by molar-refractivity contribution is 7.80. The lowest BCUT2D eigenvalue weighted by Crippen LogP contribution is -2.48. The Kier molecular flexibility index (Phi) is 5.57. The molecule has 2 amide bonds. The summed E-state index contributed by atoms with van der Waals surface area (Å²) in [5.41, 5.74) is 6.19. The normalized spacial score (nSPS) is 11.8. The van der Waals surface area contributed by atoms with E-state index in [4.69, 9.17) is 22.7 Å². The van der Waals surface area contributed by atoms with Crippen LogP contribution in [0.5, 0.6) is 5.75 Å². The first-order valence-electron chi connectivity index (χ1n) is 5.95. The number of amides is 2. The molecular formula is C13H19N3O2S. The van der Waals surface area contributed by atoms with Gasteiger partial charge >= 0.3 is 6.03 Å². The van der Waals surface area contributed by atoms with Crippen LogP contribution in [0.4, 0.5) is 10.5 Å². The molecule has 0 radical (unpaired) electrons. The number of nitrogens with one attached hydrogen (secondary N) is 2. The van der Waals surface area contributed by atoms with E-state index in [0.717, 1.165) is 0 Å². The topological polar surface area (TPSA) is 76.4 Å². The first kappa shape index (κ1) is 15.2. The lowest BCUT2D eigenvalue weighted by molar-refractivity contribution is 0.248. The zero-order valence-corrected chi connectivity index (χ0v) is 12.1. The molecule has 1 aromatic carbocycles. The third-order valence-corrected chi connectivity index (χ3v) is 2.87. The van der Waals surface area contributed by atoms with Crippen LogP contribution in [0.15, 0.2) is 24.3 Å². The van der Waals surface area contributed by atoms with Gasteiger partial charge in [0.05, 0.1) is 23.8 Å². The fourth-order valence-electron chi connectivity index (χ4n) is 1.61. The summed E-state index contributed by atoms with van der Waals surface area (Å²) in [7, 11) is 1.55. The highest BCUT2D eigenvalue weighted by atomic mass is 32.1. The minimum atomic E-state index is -0.365. The van der Waals surface area contributed by atoms with Crippen LogP contribution in [0.1, 0.15) is 13.8 Å². The van der Waals surface area contributed by atoms with Crippen LogP contribution in [0.2, 0.25) is 0 Å². The molecule has 6 heteroatoms. The second-order valence-electron chi connectivity index (χ2n) is 4.42. The molecular weight excluding hydrogens is 262 g/mol. The van der Waals surface area contributed by atoms with E-state index in [2.05, 4.69) is 10.6 Å². The van der Waals surface area contributed by atoms with Crippen molar-refractivity contribution in [3.8, 4) is 5.75 Å². The first-order chi connectivity index (χ1) is 8.95. The number of ether oxygens (including phenoxy) is 1. The summed E-state index contributed by atoms with van der Waals surface area (Å²) in [5, 5.41) is 5.46. The van der Waals surface area contributed by atoms with Gasteiger partial charge in [-0.15, -0.1) is 0 Å². The molecule has 19 heavy (non-hydrogen) atoms. The summed E-state index contributed by atoms with van der Waals surface area (Å²) in [6.45, 7) is 3.88. The number of rotatable bonds is 5. The van der Waals surface area contributed by atoms with E-state index in [1.165, 1.54) is 0 Å². The Morgan fingerprint density at radius 2 is 2.00 bits per heavy atom. The molecule has 1 aromatic rings. The van der Waals surface area contributed by atoms with E-state index in [0.29, 0.717) is 11.4 Å². The van der Waals surface area contributed by atoms with Crippen LogP contribution < -0.4 is 21.1 Å². The third-order valence-electron chi connectivity index (χ3n) is 2.61. The number of methoxy groups -OCH3 is 1. The molecule has 0 spiro atoms. The number of thiocarbonyl (C=S) groups is 1. The predicted molar refractivity (Wildman–Crippen MR) is 80.6 cm³/mol. The van der Waals surface area contributed by atoms with E-state index in [9.17, 15) is 4.79 Å². The minimum absolute atomic E-state index is 0.126. The lowest BCUT2D eigenvalue weighted by Gasteiger charge is -2.21. The van der Waals surface area contributed by atoms with Crippen molar-refractivity contribution >= 4 is 28.9 Å². The van der Waals surface area contributed by atoms with Crippen LogP contribution in [0.25, 0.3) is 0 Å². The van der Waals surface area contributed by atoms with Crippen LogP contribution in [0.3, 0.4) is 0 Å². The van der Waals surface area contributed by atoms with Crippen molar-refractivity contribution in [1.82, 2.24) is 5.32 Å². The number of anilines is 1. The van der Waals surface area contributed by atoms with Crippen LogP contribution >= 0.6 is 12.2 Å². The smallest absolute Gasteiger partial charge is 0.319 e. The minimum Gasteiger partial charge on any atom is -0.495 e. The van der Waals surface area contributed by atoms with Gasteiger partial charge in [-0.25, -0.2) is 4.79 Å². The van der Waals surface area contributed by atoms with Gasteiger partial charge in [0, 0.05) is 0 Å². The molecule has 0 heterocycles. The van der Waals surface area contributed by atoms with Crippen LogP contribution in [-0.4, -0.2) is 24.2 Å².